The van der Waals surface area contributed by atoms with Gasteiger partial charge in [0.05, 0.1) is 0 Å². The van der Waals surface area contributed by atoms with Gasteiger partial charge in [-0.2, -0.15) is 0 Å². The van der Waals surface area contributed by atoms with E-state index < -0.39 is 0 Å². The van der Waals surface area contributed by atoms with E-state index >= 15 is 0 Å². The van der Waals surface area contributed by atoms with Gasteiger partial charge in [-0.25, -0.2) is 4.98 Å². The number of piperazine rings is 1. The van der Waals surface area contributed by atoms with Crippen LogP contribution >= 0.6 is 24.8 Å². The lowest BCUT2D eigenvalue weighted by Gasteiger charge is -2.31. The summed E-state index contributed by atoms with van der Waals surface area (Å²) in [6.07, 6.45) is 3.71. The van der Waals surface area contributed by atoms with Crippen molar-refractivity contribution in [1.82, 2.24) is 19.8 Å². The Balaban J connectivity index is 0.00000144. The highest BCUT2D eigenvalue weighted by molar-refractivity contribution is 5.85. The zero-order valence-corrected chi connectivity index (χ0v) is 15.8. The molecule has 24 heavy (non-hydrogen) atoms. The summed E-state index contributed by atoms with van der Waals surface area (Å²) in [5.74, 6) is 1.82. The highest BCUT2D eigenvalue weighted by Crippen LogP contribution is 2.15. The largest absolute Gasteiger partial charge is 0.486 e. The van der Waals surface area contributed by atoms with E-state index in [2.05, 4.69) is 34.3 Å². The minimum atomic E-state index is 0. The third kappa shape index (κ3) is 5.67. The highest BCUT2D eigenvalue weighted by atomic mass is 35.5. The molecule has 2 heterocycles. The predicted molar refractivity (Wildman–Crippen MR) is 101 cm³/mol. The number of imidazole rings is 1. The summed E-state index contributed by atoms with van der Waals surface area (Å²) < 4.78 is 7.76. The van der Waals surface area contributed by atoms with Crippen molar-refractivity contribution in [3.8, 4) is 5.75 Å². The first-order chi connectivity index (χ1) is 10.7. The van der Waals surface area contributed by atoms with Gasteiger partial charge in [-0.15, -0.1) is 24.8 Å². The normalized spacial score (nSPS) is 17.7. The molecule has 1 saturated heterocycles. The fourth-order valence-electron chi connectivity index (χ4n) is 2.79. The molecule has 1 N–H and O–H groups in total. The minimum Gasteiger partial charge on any atom is -0.486 e. The maximum atomic E-state index is 5.79. The second-order valence-electron chi connectivity index (χ2n) is 5.98. The molecule has 0 spiro atoms. The van der Waals surface area contributed by atoms with Gasteiger partial charge < -0.3 is 14.6 Å². The van der Waals surface area contributed by atoms with Crippen molar-refractivity contribution in [2.24, 2.45) is 7.05 Å². The summed E-state index contributed by atoms with van der Waals surface area (Å²) in [4.78, 5) is 6.75. The topological polar surface area (TPSA) is 42.3 Å². The monoisotopic (exact) mass is 372 g/mol. The van der Waals surface area contributed by atoms with Gasteiger partial charge in [0.15, 0.2) is 0 Å². The molecule has 0 saturated carbocycles. The zero-order valence-electron chi connectivity index (χ0n) is 14.1. The quantitative estimate of drug-likeness (QED) is 0.875. The van der Waals surface area contributed by atoms with Gasteiger partial charge in [-0.1, -0.05) is 12.1 Å². The summed E-state index contributed by atoms with van der Waals surface area (Å²) in [5, 5.41) is 3.47. The van der Waals surface area contributed by atoms with Crippen LogP contribution in [0, 0.1) is 0 Å². The van der Waals surface area contributed by atoms with Crippen molar-refractivity contribution in [2.45, 2.75) is 26.1 Å². The van der Waals surface area contributed by atoms with Gasteiger partial charge in [0.1, 0.15) is 18.2 Å². The van der Waals surface area contributed by atoms with Gasteiger partial charge >= 0.3 is 0 Å². The Hall–Kier alpha value is -1.27. The Morgan fingerprint density at radius 3 is 2.62 bits per heavy atom. The number of hydrogen-bond acceptors (Lipinski definition) is 4. The average Bonchev–Trinajstić information content (AvgIpc) is 2.92. The molecule has 3 rings (SSSR count). The van der Waals surface area contributed by atoms with E-state index in [-0.39, 0.29) is 24.8 Å². The number of hydrogen-bond donors (Lipinski definition) is 1. The Morgan fingerprint density at radius 2 is 2.00 bits per heavy atom. The van der Waals surface area contributed by atoms with Crippen LogP contribution in [0.4, 0.5) is 0 Å². The zero-order chi connectivity index (χ0) is 15.4. The number of rotatable bonds is 5. The summed E-state index contributed by atoms with van der Waals surface area (Å²) in [7, 11) is 1.98. The maximum absolute atomic E-state index is 5.79. The van der Waals surface area contributed by atoms with Crippen LogP contribution in [0.3, 0.4) is 0 Å². The minimum absolute atomic E-state index is 0. The van der Waals surface area contributed by atoms with Crippen LogP contribution in [-0.2, 0) is 20.2 Å². The number of ether oxygens (including phenoxy) is 1. The van der Waals surface area contributed by atoms with Crippen molar-refractivity contribution in [2.75, 3.05) is 19.6 Å². The van der Waals surface area contributed by atoms with Crippen molar-refractivity contribution < 1.29 is 4.74 Å². The fourth-order valence-corrected chi connectivity index (χ4v) is 2.79. The molecule has 0 radical (unpaired) electrons. The molecular weight excluding hydrogens is 347 g/mol. The molecular formula is C17H26Cl2N4O. The molecule has 0 bridgehead atoms. The maximum Gasteiger partial charge on any atom is 0.146 e. The first kappa shape index (κ1) is 20.8. The molecule has 1 fully saturated rings. The second-order valence-corrected chi connectivity index (χ2v) is 5.98. The fraction of sp³-hybridized carbons (Fsp3) is 0.471. The van der Waals surface area contributed by atoms with Crippen LogP contribution in [0.1, 0.15) is 18.3 Å². The van der Waals surface area contributed by atoms with Gasteiger partial charge in [0.25, 0.3) is 0 Å². The molecule has 0 aliphatic carbocycles. The van der Waals surface area contributed by atoms with Crippen LogP contribution in [0.25, 0.3) is 0 Å². The smallest absolute Gasteiger partial charge is 0.146 e. The molecule has 0 amide bonds. The van der Waals surface area contributed by atoms with Crippen molar-refractivity contribution in [3.05, 3.63) is 48.0 Å². The van der Waals surface area contributed by atoms with E-state index in [0.717, 1.165) is 37.8 Å². The Labute approximate surface area is 156 Å². The van der Waals surface area contributed by atoms with E-state index in [4.69, 9.17) is 4.74 Å². The summed E-state index contributed by atoms with van der Waals surface area (Å²) >= 11 is 0. The number of benzene rings is 1. The lowest BCUT2D eigenvalue weighted by Crippen LogP contribution is -2.48. The van der Waals surface area contributed by atoms with Crippen molar-refractivity contribution in [1.29, 1.82) is 0 Å². The van der Waals surface area contributed by atoms with E-state index in [1.165, 1.54) is 5.56 Å². The van der Waals surface area contributed by atoms with E-state index in [9.17, 15) is 0 Å². The second kappa shape index (κ2) is 9.89. The molecule has 1 aliphatic heterocycles. The molecule has 1 aliphatic rings. The first-order valence-corrected chi connectivity index (χ1v) is 7.84. The third-order valence-corrected chi connectivity index (χ3v) is 4.07. The van der Waals surface area contributed by atoms with Crippen LogP contribution in [0.2, 0.25) is 0 Å². The van der Waals surface area contributed by atoms with Gasteiger partial charge in [0, 0.05) is 51.7 Å². The lowest BCUT2D eigenvalue weighted by molar-refractivity contribution is 0.199. The average molecular weight is 373 g/mol. The lowest BCUT2D eigenvalue weighted by atomic mass is 10.1. The molecule has 7 heteroatoms. The molecule has 1 aromatic carbocycles. The third-order valence-electron chi connectivity index (χ3n) is 4.07. The standard InChI is InChI=1S/C17H24N4O.2ClH/c1-14-11-21(10-8-18-14)12-15-3-5-16(6-4-15)22-13-17-19-7-9-20(17)2;;/h3-7,9,14,18H,8,10-13H2,1-2H3;2*1H. The summed E-state index contributed by atoms with van der Waals surface area (Å²) in [6.45, 7) is 7.04. The number of aromatic nitrogens is 2. The molecule has 1 unspecified atom stereocenters. The van der Waals surface area contributed by atoms with E-state index in [1.807, 2.05) is 29.9 Å². The van der Waals surface area contributed by atoms with E-state index in [0.29, 0.717) is 12.6 Å². The Morgan fingerprint density at radius 1 is 1.25 bits per heavy atom. The predicted octanol–water partition coefficient (Wildman–Crippen LogP) is 2.64. The summed E-state index contributed by atoms with van der Waals surface area (Å²) in [5.41, 5.74) is 1.33. The molecule has 2 aromatic rings. The van der Waals surface area contributed by atoms with E-state index in [1.54, 1.807) is 6.20 Å². The molecule has 1 aromatic heterocycles. The van der Waals surface area contributed by atoms with Crippen molar-refractivity contribution in [3.63, 3.8) is 0 Å². The first-order valence-electron chi connectivity index (χ1n) is 7.84. The van der Waals surface area contributed by atoms with Crippen LogP contribution < -0.4 is 10.1 Å². The number of aryl methyl sites for hydroxylation is 1. The Bertz CT molecular complexity index is 603. The van der Waals surface area contributed by atoms with Gasteiger partial charge in [0.2, 0.25) is 0 Å². The van der Waals surface area contributed by atoms with Gasteiger partial charge in [-0.3, -0.25) is 4.90 Å². The van der Waals surface area contributed by atoms with Gasteiger partial charge in [-0.05, 0) is 24.6 Å². The highest BCUT2D eigenvalue weighted by Gasteiger charge is 2.15. The van der Waals surface area contributed by atoms with Crippen LogP contribution in [-0.4, -0.2) is 40.1 Å². The number of nitrogens with one attached hydrogen (secondary N) is 1. The van der Waals surface area contributed by atoms with Crippen molar-refractivity contribution >= 4 is 24.8 Å². The summed E-state index contributed by atoms with van der Waals surface area (Å²) in [6, 6.07) is 8.98. The molecule has 134 valence electrons. The number of nitrogens with zero attached hydrogens (tertiary/aromatic N) is 3. The van der Waals surface area contributed by atoms with Crippen LogP contribution in [0.15, 0.2) is 36.7 Å². The SMILES string of the molecule is CC1CN(Cc2ccc(OCc3nccn3C)cc2)CCN1.Cl.Cl. The van der Waals surface area contributed by atoms with Crippen LogP contribution in [0.5, 0.6) is 5.75 Å². The molecule has 1 atom stereocenters. The number of halogens is 2. The Kier molecular flexibility index (Phi) is 8.56. The molecule has 5 nitrogen and oxygen atoms in total.